The monoisotopic (exact) mass is 587 g/mol. The molecule has 2 unspecified atom stereocenters. The van der Waals surface area contributed by atoms with Gasteiger partial charge in [0.05, 0.1) is 22.5 Å². The number of halogens is 2. The summed E-state index contributed by atoms with van der Waals surface area (Å²) in [5.41, 5.74) is 0.843. The average molecular weight is 588 g/mol. The zero-order valence-corrected chi connectivity index (χ0v) is 25.2. The molecule has 1 fully saturated rings. The molecule has 0 radical (unpaired) electrons. The molecule has 1 saturated heterocycles. The molecule has 1 aliphatic heterocycles. The number of nitrogens with zero attached hydrogens (tertiary/aromatic N) is 7. The number of carbonyl (C=O) groups excluding carboxylic acids is 1. The predicted molar refractivity (Wildman–Crippen MR) is 162 cm³/mol. The molecule has 4 aromatic rings. The van der Waals surface area contributed by atoms with Gasteiger partial charge in [-0.25, -0.2) is 33.1 Å². The van der Waals surface area contributed by atoms with Gasteiger partial charge in [0.2, 0.25) is 5.91 Å². The summed E-state index contributed by atoms with van der Waals surface area (Å²) in [6.45, 7) is 15.9. The number of pyridine rings is 1. The fourth-order valence-corrected chi connectivity index (χ4v) is 5.70. The van der Waals surface area contributed by atoms with E-state index in [1.165, 1.54) is 41.2 Å². The minimum absolute atomic E-state index is 0.0321. The lowest BCUT2D eigenvalue weighted by molar-refractivity contribution is -0.128. The Hall–Kier alpha value is -4.54. The largest absolute Gasteiger partial charge is 0.355 e. The van der Waals surface area contributed by atoms with Crippen molar-refractivity contribution >= 4 is 22.8 Å². The Morgan fingerprint density at radius 1 is 0.977 bits per heavy atom. The van der Waals surface area contributed by atoms with Crippen LogP contribution in [0.4, 0.5) is 14.6 Å². The van der Waals surface area contributed by atoms with E-state index in [4.69, 9.17) is 0 Å². The smallest absolute Gasteiger partial charge is 0.349 e. The average Bonchev–Trinajstić information content (AvgIpc) is 2.97. The minimum atomic E-state index is -0.760. The standard InChI is InChI=1S/C32H35F2N7O2/c1-8-25(42)39-14-20(7)40(15-19(39)6)30-22-13-24(34)28(21-11-9-10-12-23(21)33)37-31(22)41(32(43)38-30)29-26(17(2)3)35-16-36-27(29)18(4)5/h8-13,16-20H,1,14-15H2,2-7H3. The van der Waals surface area contributed by atoms with Gasteiger partial charge >= 0.3 is 5.69 Å². The first-order valence-electron chi connectivity index (χ1n) is 14.4. The van der Waals surface area contributed by atoms with Crippen molar-refractivity contribution in [2.45, 2.75) is 65.5 Å². The molecule has 5 rings (SSSR count). The first-order chi connectivity index (χ1) is 20.4. The van der Waals surface area contributed by atoms with Crippen molar-refractivity contribution in [3.05, 3.63) is 82.8 Å². The summed E-state index contributed by atoms with van der Waals surface area (Å²) < 4.78 is 32.2. The Morgan fingerprint density at radius 3 is 2.23 bits per heavy atom. The molecule has 0 N–H and O–H groups in total. The van der Waals surface area contributed by atoms with Crippen LogP contribution in [0.1, 0.15) is 64.8 Å². The molecule has 4 heterocycles. The molecule has 9 nitrogen and oxygen atoms in total. The normalized spacial score (nSPS) is 17.3. The van der Waals surface area contributed by atoms with Crippen LogP contribution in [0.3, 0.4) is 0 Å². The molecule has 11 heteroatoms. The molecule has 0 saturated carbocycles. The van der Waals surface area contributed by atoms with Gasteiger partial charge in [0.1, 0.15) is 29.5 Å². The van der Waals surface area contributed by atoms with Crippen LogP contribution in [0, 0.1) is 11.6 Å². The van der Waals surface area contributed by atoms with Crippen molar-refractivity contribution in [2.24, 2.45) is 0 Å². The Kier molecular flexibility index (Phi) is 8.09. The van der Waals surface area contributed by atoms with Crippen LogP contribution >= 0.6 is 0 Å². The number of piperazine rings is 1. The number of aromatic nitrogens is 5. The number of rotatable bonds is 6. The molecule has 3 aromatic heterocycles. The zero-order chi connectivity index (χ0) is 31.2. The summed E-state index contributed by atoms with van der Waals surface area (Å²) >= 11 is 0. The van der Waals surface area contributed by atoms with Gasteiger partial charge in [-0.1, -0.05) is 46.4 Å². The van der Waals surface area contributed by atoms with E-state index in [9.17, 15) is 14.0 Å². The van der Waals surface area contributed by atoms with Crippen LogP contribution in [0.15, 0.2) is 54.1 Å². The van der Waals surface area contributed by atoms with Gasteiger partial charge in [-0.2, -0.15) is 4.98 Å². The lowest BCUT2D eigenvalue weighted by Gasteiger charge is -2.44. The maximum absolute atomic E-state index is 15.9. The van der Waals surface area contributed by atoms with Crippen molar-refractivity contribution in [1.29, 1.82) is 0 Å². The van der Waals surface area contributed by atoms with Crippen LogP contribution in [0.5, 0.6) is 0 Å². The van der Waals surface area contributed by atoms with Crippen molar-refractivity contribution in [2.75, 3.05) is 18.0 Å². The molecule has 0 bridgehead atoms. The highest BCUT2D eigenvalue weighted by Gasteiger charge is 2.34. The number of benzene rings is 1. The predicted octanol–water partition coefficient (Wildman–Crippen LogP) is 5.37. The summed E-state index contributed by atoms with van der Waals surface area (Å²) in [5, 5.41) is 0.271. The number of fused-ring (bicyclic) bond motifs is 1. The molecule has 0 aliphatic carbocycles. The van der Waals surface area contributed by atoms with Gasteiger partial charge in [0.15, 0.2) is 5.65 Å². The van der Waals surface area contributed by atoms with Gasteiger partial charge in [-0.3, -0.25) is 4.79 Å². The third-order valence-corrected chi connectivity index (χ3v) is 7.84. The minimum Gasteiger partial charge on any atom is -0.349 e. The molecule has 2 atom stereocenters. The van der Waals surface area contributed by atoms with Crippen LogP contribution < -0.4 is 10.6 Å². The van der Waals surface area contributed by atoms with E-state index >= 15 is 4.39 Å². The van der Waals surface area contributed by atoms with E-state index < -0.39 is 17.3 Å². The quantitative estimate of drug-likeness (QED) is 0.280. The summed E-state index contributed by atoms with van der Waals surface area (Å²) in [7, 11) is 0. The maximum atomic E-state index is 15.9. The van der Waals surface area contributed by atoms with E-state index in [2.05, 4.69) is 26.5 Å². The lowest BCUT2D eigenvalue weighted by Crippen LogP contribution is -2.58. The van der Waals surface area contributed by atoms with Gasteiger partial charge < -0.3 is 9.80 Å². The number of carbonyl (C=O) groups is 1. The Labute approximate surface area is 248 Å². The molecular weight excluding hydrogens is 552 g/mol. The Bertz CT molecular complexity index is 1760. The third kappa shape index (κ3) is 5.28. The number of hydrogen-bond acceptors (Lipinski definition) is 7. The summed E-state index contributed by atoms with van der Waals surface area (Å²) in [5.74, 6) is -1.55. The second-order valence-electron chi connectivity index (χ2n) is 11.6. The van der Waals surface area contributed by atoms with Crippen molar-refractivity contribution in [3.8, 4) is 16.9 Å². The Balaban J connectivity index is 1.86. The molecule has 1 amide bonds. The third-order valence-electron chi connectivity index (χ3n) is 7.84. The topological polar surface area (TPSA) is 97.1 Å². The van der Waals surface area contributed by atoms with Crippen LogP contribution in [0.25, 0.3) is 28.0 Å². The highest BCUT2D eigenvalue weighted by molar-refractivity contribution is 5.91. The number of hydrogen-bond donors (Lipinski definition) is 0. The zero-order valence-electron chi connectivity index (χ0n) is 25.2. The number of anilines is 1. The second-order valence-corrected chi connectivity index (χ2v) is 11.6. The highest BCUT2D eigenvalue weighted by atomic mass is 19.1. The first-order valence-corrected chi connectivity index (χ1v) is 14.4. The van der Waals surface area contributed by atoms with Gasteiger partial charge in [0.25, 0.3) is 0 Å². The maximum Gasteiger partial charge on any atom is 0.355 e. The van der Waals surface area contributed by atoms with E-state index in [0.717, 1.165) is 0 Å². The van der Waals surface area contributed by atoms with Crippen molar-refractivity contribution in [1.82, 2.24) is 29.4 Å². The fourth-order valence-electron chi connectivity index (χ4n) is 5.70. The van der Waals surface area contributed by atoms with Crippen LogP contribution in [-0.4, -0.2) is 60.5 Å². The lowest BCUT2D eigenvalue weighted by atomic mass is 10.0. The Morgan fingerprint density at radius 2 is 1.63 bits per heavy atom. The molecule has 0 spiro atoms. The van der Waals surface area contributed by atoms with Crippen LogP contribution in [-0.2, 0) is 4.79 Å². The molecule has 224 valence electrons. The highest BCUT2D eigenvalue weighted by Crippen LogP contribution is 2.35. The molecule has 1 aromatic carbocycles. The second kappa shape index (κ2) is 11.6. The molecule has 43 heavy (non-hydrogen) atoms. The fraction of sp³-hybridized carbons (Fsp3) is 0.375. The van der Waals surface area contributed by atoms with Crippen molar-refractivity contribution in [3.63, 3.8) is 0 Å². The van der Waals surface area contributed by atoms with E-state index in [0.29, 0.717) is 30.2 Å². The van der Waals surface area contributed by atoms with Gasteiger partial charge in [0, 0.05) is 30.7 Å². The first kappa shape index (κ1) is 29.9. The van der Waals surface area contributed by atoms with Gasteiger partial charge in [-0.15, -0.1) is 0 Å². The van der Waals surface area contributed by atoms with E-state index in [1.807, 2.05) is 46.4 Å². The van der Waals surface area contributed by atoms with Crippen molar-refractivity contribution < 1.29 is 13.6 Å². The molecule has 1 aliphatic rings. The SMILES string of the molecule is C=CC(=O)N1CC(C)N(c2nc(=O)n(-c3c(C(C)C)ncnc3C(C)C)c3nc(-c4ccccc4F)c(F)cc23)CC1C. The van der Waals surface area contributed by atoms with E-state index in [1.54, 1.807) is 11.0 Å². The van der Waals surface area contributed by atoms with Gasteiger partial charge in [-0.05, 0) is 50.0 Å². The summed E-state index contributed by atoms with van der Waals surface area (Å²) in [4.78, 5) is 48.4. The summed E-state index contributed by atoms with van der Waals surface area (Å²) in [6, 6.07) is 6.55. The van der Waals surface area contributed by atoms with Crippen LogP contribution in [0.2, 0.25) is 0 Å². The number of amides is 1. The summed E-state index contributed by atoms with van der Waals surface area (Å²) in [6.07, 6.45) is 2.74. The van der Waals surface area contributed by atoms with E-state index in [-0.39, 0.29) is 57.9 Å². The molecular formula is C32H35F2N7O2.